The number of carbonyl (C=O) groups excluding carboxylic acids is 3. The molecule has 0 spiro atoms. The highest BCUT2D eigenvalue weighted by molar-refractivity contribution is 5.94. The molecule has 1 rings (SSSR count). The largest absolute Gasteiger partial charge is 0.462 e. The summed E-state index contributed by atoms with van der Waals surface area (Å²) in [6.45, 7) is 6.06. The number of rotatable bonds is 16. The van der Waals surface area contributed by atoms with Gasteiger partial charge in [-0.25, -0.2) is 0 Å². The summed E-state index contributed by atoms with van der Waals surface area (Å²) in [5.41, 5.74) is -0.376. The van der Waals surface area contributed by atoms with Crippen LogP contribution in [0.1, 0.15) is 91.4 Å². The molecule has 0 bridgehead atoms. The minimum Gasteiger partial charge on any atom is -0.462 e. The molecule has 30 heavy (non-hydrogen) atoms. The van der Waals surface area contributed by atoms with Gasteiger partial charge in [0.1, 0.15) is 11.9 Å². The van der Waals surface area contributed by atoms with E-state index >= 15 is 0 Å². The molecule has 0 amide bonds. The molecule has 6 nitrogen and oxygen atoms in total. The van der Waals surface area contributed by atoms with Gasteiger partial charge >= 0.3 is 5.97 Å². The molecule has 6 heteroatoms. The summed E-state index contributed by atoms with van der Waals surface area (Å²) in [7, 11) is 3.12. The molecular formula is C24H40O6. The molecular weight excluding hydrogens is 384 g/mol. The van der Waals surface area contributed by atoms with Gasteiger partial charge in [-0.3, -0.25) is 14.4 Å². The summed E-state index contributed by atoms with van der Waals surface area (Å²) in [6, 6.07) is 0. The Morgan fingerprint density at radius 3 is 2.40 bits per heavy atom. The van der Waals surface area contributed by atoms with Crippen molar-refractivity contribution in [3.8, 4) is 0 Å². The zero-order chi connectivity index (χ0) is 22.6. The van der Waals surface area contributed by atoms with Crippen LogP contribution in [0.4, 0.5) is 0 Å². The summed E-state index contributed by atoms with van der Waals surface area (Å²) >= 11 is 0. The quantitative estimate of drug-likeness (QED) is 0.198. The molecule has 1 fully saturated rings. The molecule has 1 atom stereocenters. The van der Waals surface area contributed by atoms with Gasteiger partial charge in [0, 0.05) is 51.7 Å². The molecule has 1 saturated heterocycles. The molecule has 172 valence electrons. The Kier molecular flexibility index (Phi) is 11.5. The van der Waals surface area contributed by atoms with Gasteiger partial charge in [-0.15, -0.1) is 0 Å². The monoisotopic (exact) mass is 424 g/mol. The van der Waals surface area contributed by atoms with Gasteiger partial charge in [0.05, 0.1) is 0 Å². The molecule has 1 heterocycles. The van der Waals surface area contributed by atoms with Gasteiger partial charge in [0.2, 0.25) is 0 Å². The lowest BCUT2D eigenvalue weighted by molar-refractivity contribution is -0.208. The first-order valence-electron chi connectivity index (χ1n) is 11.2. The third kappa shape index (κ3) is 9.09. The fraction of sp³-hybridized carbons (Fsp3) is 0.792. The summed E-state index contributed by atoms with van der Waals surface area (Å²) < 4.78 is 16.3. The number of hydrogen-bond acceptors (Lipinski definition) is 6. The van der Waals surface area contributed by atoms with Crippen LogP contribution in [-0.2, 0) is 28.6 Å². The molecule has 1 unspecified atom stereocenters. The van der Waals surface area contributed by atoms with Gasteiger partial charge in [-0.2, -0.15) is 0 Å². The van der Waals surface area contributed by atoms with E-state index < -0.39 is 5.79 Å². The molecule has 0 aliphatic carbocycles. The molecule has 0 saturated carbocycles. The first kappa shape index (κ1) is 26.5. The van der Waals surface area contributed by atoms with Crippen molar-refractivity contribution in [2.75, 3.05) is 14.2 Å². The summed E-state index contributed by atoms with van der Waals surface area (Å²) in [5, 5.41) is 0. The van der Waals surface area contributed by atoms with Crippen molar-refractivity contribution in [3.05, 3.63) is 12.2 Å². The van der Waals surface area contributed by atoms with Gasteiger partial charge in [0.15, 0.2) is 11.6 Å². The van der Waals surface area contributed by atoms with Crippen molar-refractivity contribution in [1.82, 2.24) is 0 Å². The number of unbranched alkanes of at least 4 members (excludes halogenated alkanes) is 1. The predicted molar refractivity (Wildman–Crippen MR) is 116 cm³/mol. The number of hydrogen-bond donors (Lipinski definition) is 0. The molecule has 1 aliphatic heterocycles. The number of ketones is 2. The van der Waals surface area contributed by atoms with E-state index in [9.17, 15) is 14.4 Å². The topological polar surface area (TPSA) is 78.9 Å². The lowest BCUT2D eigenvalue weighted by Crippen LogP contribution is -2.34. The average Bonchev–Trinajstić information content (AvgIpc) is 3.14. The molecule has 1 aliphatic rings. The highest BCUT2D eigenvalue weighted by Crippen LogP contribution is 2.27. The second kappa shape index (κ2) is 13.0. The van der Waals surface area contributed by atoms with Crippen LogP contribution in [0.15, 0.2) is 12.2 Å². The van der Waals surface area contributed by atoms with Crippen LogP contribution in [0.5, 0.6) is 0 Å². The van der Waals surface area contributed by atoms with E-state index in [1.165, 1.54) is 0 Å². The van der Waals surface area contributed by atoms with Gasteiger partial charge in [-0.1, -0.05) is 39.7 Å². The number of cyclic esters (lactones) is 1. The maximum atomic E-state index is 12.5. The first-order chi connectivity index (χ1) is 14.2. The summed E-state index contributed by atoms with van der Waals surface area (Å²) in [4.78, 5) is 35.9. The Morgan fingerprint density at radius 2 is 1.83 bits per heavy atom. The van der Waals surface area contributed by atoms with Gasteiger partial charge in [-0.05, 0) is 31.8 Å². The third-order valence-electron chi connectivity index (χ3n) is 6.00. The zero-order valence-corrected chi connectivity index (χ0v) is 19.5. The van der Waals surface area contributed by atoms with Crippen LogP contribution in [0.25, 0.3) is 0 Å². The molecule has 0 aromatic rings. The van der Waals surface area contributed by atoms with Crippen molar-refractivity contribution in [3.63, 3.8) is 0 Å². The van der Waals surface area contributed by atoms with E-state index in [0.29, 0.717) is 38.5 Å². The highest BCUT2D eigenvalue weighted by atomic mass is 16.7. The normalized spacial score (nSPS) is 17.5. The summed E-state index contributed by atoms with van der Waals surface area (Å²) in [6.07, 6.45) is 10.6. The Morgan fingerprint density at radius 1 is 1.13 bits per heavy atom. The minimum absolute atomic E-state index is 0.0356. The van der Waals surface area contributed by atoms with E-state index in [-0.39, 0.29) is 29.1 Å². The van der Waals surface area contributed by atoms with E-state index in [4.69, 9.17) is 14.2 Å². The lowest BCUT2D eigenvalue weighted by Gasteiger charge is -2.30. The lowest BCUT2D eigenvalue weighted by atomic mass is 9.82. The fourth-order valence-corrected chi connectivity index (χ4v) is 3.64. The first-order valence-corrected chi connectivity index (χ1v) is 11.2. The number of carbonyl (C=O) groups is 3. The van der Waals surface area contributed by atoms with Gasteiger partial charge in [0.25, 0.3) is 0 Å². The molecule has 0 aromatic heterocycles. The number of esters is 1. The maximum Gasteiger partial charge on any atom is 0.306 e. The Hall–Kier alpha value is -1.53. The Bertz CT molecular complexity index is 589. The highest BCUT2D eigenvalue weighted by Gasteiger charge is 2.30. The van der Waals surface area contributed by atoms with E-state index in [1.807, 2.05) is 13.8 Å². The second-order valence-electron chi connectivity index (χ2n) is 8.86. The standard InChI is InChI=1S/C24H40O6/c1-6-7-16-23(2,3)21(26)12-9-17-24(28-4,29-5)18-15-19(25)10-8-11-20-13-14-22(27)30-20/h9,12,20H,6-8,10-11,13-18H2,1-5H3. The van der Waals surface area contributed by atoms with Crippen LogP contribution in [0.2, 0.25) is 0 Å². The van der Waals surface area contributed by atoms with Crippen molar-refractivity contribution in [1.29, 1.82) is 0 Å². The van der Waals surface area contributed by atoms with Gasteiger partial charge < -0.3 is 14.2 Å². The van der Waals surface area contributed by atoms with Crippen molar-refractivity contribution >= 4 is 17.5 Å². The Balaban J connectivity index is 2.45. The zero-order valence-electron chi connectivity index (χ0n) is 19.5. The number of methoxy groups -OCH3 is 2. The van der Waals surface area contributed by atoms with Crippen molar-refractivity contribution in [2.24, 2.45) is 5.41 Å². The smallest absolute Gasteiger partial charge is 0.306 e. The van der Waals surface area contributed by atoms with E-state index in [0.717, 1.165) is 32.1 Å². The minimum atomic E-state index is -0.916. The van der Waals surface area contributed by atoms with E-state index in [1.54, 1.807) is 26.4 Å². The molecule has 0 aromatic carbocycles. The van der Waals surface area contributed by atoms with Crippen LogP contribution in [0, 0.1) is 5.41 Å². The van der Waals surface area contributed by atoms with Crippen molar-refractivity contribution < 1.29 is 28.6 Å². The number of allylic oxidation sites excluding steroid dienone is 1. The third-order valence-corrected chi connectivity index (χ3v) is 6.00. The summed E-state index contributed by atoms with van der Waals surface area (Å²) in [5.74, 6) is -0.822. The maximum absolute atomic E-state index is 12.5. The van der Waals surface area contributed by atoms with E-state index in [2.05, 4.69) is 6.92 Å². The van der Waals surface area contributed by atoms with Crippen LogP contribution < -0.4 is 0 Å². The average molecular weight is 425 g/mol. The fourth-order valence-electron chi connectivity index (χ4n) is 3.64. The second-order valence-corrected chi connectivity index (χ2v) is 8.86. The van der Waals surface area contributed by atoms with Crippen LogP contribution in [-0.4, -0.2) is 43.6 Å². The molecule has 0 radical (unpaired) electrons. The SMILES string of the molecule is CCCCC(C)(C)C(=O)C=CCC(CCC(=O)CCCC1CCC(=O)O1)(OC)OC. The van der Waals surface area contributed by atoms with Crippen LogP contribution in [0.3, 0.4) is 0 Å². The number of Topliss-reactive ketones (excluding diaryl/α,β-unsaturated/α-hetero) is 1. The number of ether oxygens (including phenoxy) is 3. The predicted octanol–water partition coefficient (Wildman–Crippen LogP) is 4.93. The molecule has 0 N–H and O–H groups in total. The Labute approximate surface area is 181 Å². The van der Waals surface area contributed by atoms with Crippen molar-refractivity contribution in [2.45, 2.75) is 103 Å². The van der Waals surface area contributed by atoms with Crippen LogP contribution >= 0.6 is 0 Å².